The van der Waals surface area contributed by atoms with E-state index in [0.717, 1.165) is 5.56 Å². The summed E-state index contributed by atoms with van der Waals surface area (Å²) in [5, 5.41) is 42.7. The summed E-state index contributed by atoms with van der Waals surface area (Å²) in [7, 11) is 0. The Morgan fingerprint density at radius 2 is 2.19 bits per heavy atom. The van der Waals surface area contributed by atoms with Crippen LogP contribution in [0.1, 0.15) is 31.2 Å². The predicted octanol–water partition coefficient (Wildman–Crippen LogP) is 0.438. The van der Waals surface area contributed by atoms with Gasteiger partial charge in [-0.25, -0.2) is 4.68 Å². The number of aliphatic imine (C=N–C) groups is 1. The van der Waals surface area contributed by atoms with E-state index in [1.165, 1.54) is 11.8 Å². The van der Waals surface area contributed by atoms with Crippen LogP contribution in [0.3, 0.4) is 0 Å². The monoisotopic (exact) mass is 449 g/mol. The highest BCUT2D eigenvalue weighted by Crippen LogP contribution is 2.34. The average molecular weight is 450 g/mol. The van der Waals surface area contributed by atoms with Crippen LogP contribution in [0.2, 0.25) is 0 Å². The van der Waals surface area contributed by atoms with Crippen LogP contribution in [0.15, 0.2) is 35.5 Å². The van der Waals surface area contributed by atoms with Crippen molar-refractivity contribution in [2.45, 2.75) is 62.9 Å². The number of hydrogen-bond donors (Lipinski definition) is 4. The first-order chi connectivity index (χ1) is 14.9. The van der Waals surface area contributed by atoms with Gasteiger partial charge in [0.15, 0.2) is 5.17 Å². The summed E-state index contributed by atoms with van der Waals surface area (Å²) in [6.07, 6.45) is -1.53. The first-order valence-corrected chi connectivity index (χ1v) is 11.1. The van der Waals surface area contributed by atoms with E-state index in [1.54, 1.807) is 23.9 Å². The third-order valence-electron chi connectivity index (χ3n) is 5.20. The van der Waals surface area contributed by atoms with Gasteiger partial charge >= 0.3 is 0 Å². The molecular formula is C20H27N5O5S. The smallest absolute Gasteiger partial charge is 0.159 e. The fourth-order valence-corrected chi connectivity index (χ4v) is 4.75. The van der Waals surface area contributed by atoms with E-state index in [1.807, 2.05) is 25.1 Å². The minimum absolute atomic E-state index is 0.210. The number of nitrogens with zero attached hydrogens (tertiary/aromatic N) is 4. The molecule has 6 unspecified atom stereocenters. The Morgan fingerprint density at radius 3 is 2.97 bits per heavy atom. The van der Waals surface area contributed by atoms with E-state index >= 15 is 0 Å². The molecule has 0 amide bonds. The van der Waals surface area contributed by atoms with Crippen molar-refractivity contribution in [3.8, 4) is 5.75 Å². The molecule has 0 saturated carbocycles. The number of fused-ring (bicyclic) bond motifs is 1. The van der Waals surface area contributed by atoms with Crippen LogP contribution >= 0.6 is 11.8 Å². The molecule has 168 valence electrons. The van der Waals surface area contributed by atoms with Crippen LogP contribution in [0.25, 0.3) is 0 Å². The van der Waals surface area contributed by atoms with Crippen molar-refractivity contribution in [1.29, 1.82) is 0 Å². The van der Waals surface area contributed by atoms with Gasteiger partial charge in [0, 0.05) is 6.54 Å². The molecular weight excluding hydrogens is 422 g/mol. The zero-order chi connectivity index (χ0) is 22.0. The van der Waals surface area contributed by atoms with Gasteiger partial charge in [-0.05, 0) is 31.5 Å². The van der Waals surface area contributed by atoms with Gasteiger partial charge in [0.05, 0.1) is 24.9 Å². The third kappa shape index (κ3) is 5.01. The Labute approximate surface area is 184 Å². The predicted molar refractivity (Wildman–Crippen MR) is 115 cm³/mol. The molecule has 2 aliphatic heterocycles. The number of aliphatic hydroxyl groups excluding tert-OH is 3. The highest BCUT2D eigenvalue weighted by molar-refractivity contribution is 8.14. The minimum atomic E-state index is -1.07. The standard InChI is InChI=1S/C20H27N5O5S/c1-3-21-20-22-16-18(28)17(27)15(30-19(16)31-20)9-25-8-13(23-24-25)10-29-14-6-4-5-12(7-14)11(2)26/h4-8,11,15-19,26-28H,3,9-10H2,1-2H3,(H,21,22). The summed E-state index contributed by atoms with van der Waals surface area (Å²) < 4.78 is 13.3. The molecule has 1 aromatic carbocycles. The maximum Gasteiger partial charge on any atom is 0.159 e. The summed E-state index contributed by atoms with van der Waals surface area (Å²) in [6.45, 7) is 4.71. The highest BCUT2D eigenvalue weighted by Gasteiger charge is 2.49. The van der Waals surface area contributed by atoms with Gasteiger partial charge < -0.3 is 30.1 Å². The number of amidine groups is 1. The van der Waals surface area contributed by atoms with E-state index in [0.29, 0.717) is 23.2 Å². The quantitative estimate of drug-likeness (QED) is 0.475. The van der Waals surface area contributed by atoms with Gasteiger partial charge in [0.2, 0.25) is 0 Å². The molecule has 1 aromatic heterocycles. The van der Waals surface area contributed by atoms with Crippen molar-refractivity contribution in [3.05, 3.63) is 41.7 Å². The molecule has 10 nitrogen and oxygen atoms in total. The molecule has 4 rings (SSSR count). The number of aliphatic hydroxyl groups is 3. The number of rotatable bonds is 7. The second-order valence-corrected chi connectivity index (χ2v) is 8.65. The second-order valence-electron chi connectivity index (χ2n) is 7.56. The van der Waals surface area contributed by atoms with Crippen LogP contribution in [0.5, 0.6) is 5.75 Å². The molecule has 0 bridgehead atoms. The van der Waals surface area contributed by atoms with Crippen molar-refractivity contribution < 1.29 is 24.8 Å². The summed E-state index contributed by atoms with van der Waals surface area (Å²) >= 11 is 1.42. The number of nitrogens with one attached hydrogen (secondary N) is 1. The second kappa shape index (κ2) is 9.53. The van der Waals surface area contributed by atoms with Gasteiger partial charge in [0.25, 0.3) is 0 Å². The fraction of sp³-hybridized carbons (Fsp3) is 0.550. The Kier molecular flexibility index (Phi) is 6.77. The number of thioether (sulfide) groups is 1. The first-order valence-electron chi connectivity index (χ1n) is 10.2. The molecule has 0 radical (unpaired) electrons. The topological polar surface area (TPSA) is 134 Å². The number of benzene rings is 1. The lowest BCUT2D eigenvalue weighted by Crippen LogP contribution is -2.59. The van der Waals surface area contributed by atoms with Gasteiger partial charge in [-0.1, -0.05) is 29.1 Å². The van der Waals surface area contributed by atoms with Crippen molar-refractivity contribution in [3.63, 3.8) is 0 Å². The van der Waals surface area contributed by atoms with Gasteiger partial charge in [-0.3, -0.25) is 4.99 Å². The summed E-state index contributed by atoms with van der Waals surface area (Å²) in [6, 6.07) is 6.84. The highest BCUT2D eigenvalue weighted by atomic mass is 32.2. The molecule has 2 aliphatic rings. The van der Waals surface area contributed by atoms with Crippen LogP contribution in [-0.4, -0.2) is 71.8 Å². The summed E-state index contributed by atoms with van der Waals surface area (Å²) in [5.41, 5.74) is 1.05. The molecule has 2 aromatic rings. The number of ether oxygens (including phenoxy) is 2. The van der Waals surface area contributed by atoms with Crippen molar-refractivity contribution in [1.82, 2.24) is 20.3 Å². The van der Waals surface area contributed by atoms with Crippen molar-refractivity contribution in [2.75, 3.05) is 6.54 Å². The molecule has 6 atom stereocenters. The van der Waals surface area contributed by atoms with E-state index in [9.17, 15) is 15.3 Å². The van der Waals surface area contributed by atoms with E-state index in [4.69, 9.17) is 9.47 Å². The average Bonchev–Trinajstić information content (AvgIpc) is 3.37. The maximum atomic E-state index is 10.5. The Morgan fingerprint density at radius 1 is 1.35 bits per heavy atom. The van der Waals surface area contributed by atoms with Gasteiger partial charge in [0.1, 0.15) is 41.8 Å². The zero-order valence-corrected chi connectivity index (χ0v) is 18.1. The molecule has 2 saturated heterocycles. The van der Waals surface area contributed by atoms with Crippen LogP contribution in [0, 0.1) is 0 Å². The third-order valence-corrected chi connectivity index (χ3v) is 6.31. The SMILES string of the molecule is CCN=C1NC2C(OC(Cn3cc(COc4cccc(C(C)O)c4)nn3)C(O)C2O)S1. The molecule has 11 heteroatoms. The summed E-state index contributed by atoms with van der Waals surface area (Å²) in [4.78, 5) is 4.32. The molecule has 0 aliphatic carbocycles. The maximum absolute atomic E-state index is 10.5. The Bertz CT molecular complexity index is 923. The first kappa shape index (κ1) is 22.0. The Balaban J connectivity index is 1.35. The van der Waals surface area contributed by atoms with Crippen molar-refractivity contribution in [2.24, 2.45) is 4.99 Å². The van der Waals surface area contributed by atoms with Crippen LogP contribution in [-0.2, 0) is 17.9 Å². The zero-order valence-electron chi connectivity index (χ0n) is 17.3. The lowest BCUT2D eigenvalue weighted by molar-refractivity contribution is -0.160. The van der Waals surface area contributed by atoms with Gasteiger partial charge in [-0.2, -0.15) is 0 Å². The van der Waals surface area contributed by atoms with Gasteiger partial charge in [-0.15, -0.1) is 5.10 Å². The fourth-order valence-electron chi connectivity index (χ4n) is 3.55. The molecule has 0 spiro atoms. The largest absolute Gasteiger partial charge is 0.487 e. The van der Waals surface area contributed by atoms with E-state index < -0.39 is 30.5 Å². The lowest BCUT2D eigenvalue weighted by Gasteiger charge is -2.38. The molecule has 31 heavy (non-hydrogen) atoms. The van der Waals surface area contributed by atoms with E-state index in [2.05, 4.69) is 20.6 Å². The molecule has 2 fully saturated rings. The van der Waals surface area contributed by atoms with Crippen LogP contribution in [0.4, 0.5) is 0 Å². The van der Waals surface area contributed by atoms with Crippen molar-refractivity contribution >= 4 is 16.9 Å². The summed E-state index contributed by atoms with van der Waals surface area (Å²) in [5.74, 6) is 0.628. The number of aromatic nitrogens is 3. The van der Waals surface area contributed by atoms with E-state index in [-0.39, 0.29) is 18.6 Å². The van der Waals surface area contributed by atoms with Crippen LogP contribution < -0.4 is 10.1 Å². The molecule has 3 heterocycles. The minimum Gasteiger partial charge on any atom is -0.487 e. The Hall–Kier alpha value is -2.18. The number of hydrogen-bond acceptors (Lipinski definition) is 9. The lowest BCUT2D eigenvalue weighted by atomic mass is 9.98. The molecule has 4 N–H and O–H groups in total. The normalized spacial score (nSPS) is 30.1.